The first-order valence-corrected chi connectivity index (χ1v) is 31.6. The lowest BCUT2D eigenvalue weighted by Crippen LogP contribution is -2.67. The van der Waals surface area contributed by atoms with Crippen LogP contribution < -0.4 is 0 Å². The summed E-state index contributed by atoms with van der Waals surface area (Å²) in [6.45, 7) is 32.4. The van der Waals surface area contributed by atoms with E-state index >= 15 is 0 Å². The average molecular weight is 1330 g/mol. The van der Waals surface area contributed by atoms with Gasteiger partial charge in [-0.1, -0.05) is 149 Å². The number of rotatable bonds is 30. The van der Waals surface area contributed by atoms with E-state index in [0.29, 0.717) is 44.1 Å². The molecule has 2 aliphatic rings. The Labute approximate surface area is 537 Å². The van der Waals surface area contributed by atoms with E-state index in [0.717, 1.165) is 43.2 Å². The van der Waals surface area contributed by atoms with Gasteiger partial charge in [-0.15, -0.1) is 0 Å². The molecule has 2 fully saturated rings. The van der Waals surface area contributed by atoms with Crippen molar-refractivity contribution in [3.63, 3.8) is 0 Å². The van der Waals surface area contributed by atoms with Crippen LogP contribution in [0.2, 0.25) is 0 Å². The van der Waals surface area contributed by atoms with Gasteiger partial charge in [0.05, 0.1) is 67.3 Å². The third kappa shape index (κ3) is 24.6. The molecule has 24 heteroatoms. The van der Waals surface area contributed by atoms with Gasteiger partial charge in [0.15, 0.2) is 6.10 Å². The average Bonchev–Trinajstić information content (AvgIpc) is 0.751. The highest BCUT2D eigenvalue weighted by atomic mass is 19.4. The Morgan fingerprint density at radius 2 is 0.913 bits per heavy atom. The van der Waals surface area contributed by atoms with Crippen LogP contribution in [-0.2, 0) is 57.4 Å². The van der Waals surface area contributed by atoms with Crippen molar-refractivity contribution in [1.29, 1.82) is 0 Å². The van der Waals surface area contributed by atoms with Crippen LogP contribution in [-0.4, -0.2) is 124 Å². The van der Waals surface area contributed by atoms with Gasteiger partial charge in [-0.05, 0) is 103 Å². The molecule has 0 bridgehead atoms. The molecule has 10 atom stereocenters. The topological polar surface area (TPSA) is 164 Å². The fraction of sp³-hybridized carbons (Fsp3) is 0.676. The van der Waals surface area contributed by atoms with E-state index in [-0.39, 0.29) is 66.6 Å². The first-order valence-electron chi connectivity index (χ1n) is 31.6. The van der Waals surface area contributed by atoms with Gasteiger partial charge < -0.3 is 18.9 Å². The zero-order valence-electron chi connectivity index (χ0n) is 56.1. The molecule has 0 aliphatic carbocycles. The SMILES string of the molecule is C=CC(=O)OCCC(F)(F)C(F)(F)F.C=CC(=O)OCCCC.CCC1(C)CC(=O)C(C)C(C)(CC)N1OC(C)c1ccccc1.CCCCOC(=O)C(CC(ON1C(C)(CC)CC(=O)C(C)C1(C)CC)C(=O)OCCC(F)(F)C(F)(F)F)CC(C)c1ccccc1. The molecule has 2 saturated heterocycles. The molecular weight excluding hydrogens is 1230 g/mol. The predicted octanol–water partition coefficient (Wildman–Crippen LogP) is 17.0. The van der Waals surface area contributed by atoms with Crippen molar-refractivity contribution in [2.45, 2.75) is 251 Å². The Morgan fingerprint density at radius 1 is 0.543 bits per heavy atom. The van der Waals surface area contributed by atoms with Gasteiger partial charge >= 0.3 is 48.1 Å². The standard InChI is InChI=1S/C34H50F5NO6.C20H31NO2.C7H7F5O2.C7H12O2/c1-8-11-18-44-29(42)26(20-23(4)25-15-13-12-14-16-25)21-28(30(43)45-19-17-33(35,36)34(37,38)39)46-40-31(6,9-2)22-27(41)24(5)32(40,7)10-3;1-7-19(5)14-18(22)15(3)20(6,8-2)21(19)23-16(4)17-12-10-9-11-13-17;1-2-5(13)14-4-3-6(8,9)7(10,11)12;1-3-5-6-9-7(8)4-2/h12-16,23-24,26,28H,8-11,17-22H2,1-7H3;9-13,15-16H,7-8,14H2,1-6H3;2H,1,3-4H2;4H,2-3,5-6H2,1H3. The summed E-state index contributed by atoms with van der Waals surface area (Å²) < 4.78 is 144. The molecule has 0 saturated carbocycles. The van der Waals surface area contributed by atoms with Gasteiger partial charge in [-0.3, -0.25) is 24.1 Å². The monoisotopic (exact) mass is 1330 g/mol. The number of hydroxylamine groups is 4. The molecular formula is C68H100F10N2O12. The van der Waals surface area contributed by atoms with Gasteiger partial charge in [0.1, 0.15) is 17.7 Å². The minimum Gasteiger partial charge on any atom is -0.465 e. The van der Waals surface area contributed by atoms with Gasteiger partial charge in [-0.25, -0.2) is 14.4 Å². The number of carbonyl (C=O) groups is 6. The van der Waals surface area contributed by atoms with E-state index in [4.69, 9.17) is 19.1 Å². The molecule has 524 valence electrons. The Kier molecular flexibility index (Phi) is 34.8. The van der Waals surface area contributed by atoms with Crippen molar-refractivity contribution >= 4 is 35.4 Å². The van der Waals surface area contributed by atoms with Crippen molar-refractivity contribution in [3.05, 3.63) is 97.1 Å². The third-order valence-corrected chi connectivity index (χ3v) is 17.6. The molecule has 92 heavy (non-hydrogen) atoms. The number of halogens is 10. The second-order valence-corrected chi connectivity index (χ2v) is 24.4. The fourth-order valence-electron chi connectivity index (χ4n) is 10.4. The van der Waals surface area contributed by atoms with Gasteiger partial charge in [0, 0.05) is 36.8 Å². The van der Waals surface area contributed by atoms with Crippen LogP contribution in [0.4, 0.5) is 43.9 Å². The molecule has 0 radical (unpaired) electrons. The highest BCUT2D eigenvalue weighted by Crippen LogP contribution is 2.47. The maximum Gasteiger partial charge on any atom is 0.453 e. The Bertz CT molecular complexity index is 2610. The molecule has 10 unspecified atom stereocenters. The Morgan fingerprint density at radius 3 is 1.29 bits per heavy atom. The lowest BCUT2D eigenvalue weighted by atomic mass is 9.70. The van der Waals surface area contributed by atoms with Crippen molar-refractivity contribution < 1.29 is 101 Å². The van der Waals surface area contributed by atoms with Crippen LogP contribution in [0.1, 0.15) is 210 Å². The zero-order chi connectivity index (χ0) is 70.7. The second kappa shape index (κ2) is 38.0. The minimum absolute atomic E-state index is 0.0103. The molecule has 2 aliphatic heterocycles. The number of ketones is 2. The molecule has 14 nitrogen and oxygen atoms in total. The molecule has 0 amide bonds. The normalized spacial score (nSPS) is 23.5. The molecule has 0 spiro atoms. The number of esters is 4. The number of carbonyl (C=O) groups excluding carboxylic acids is 6. The first kappa shape index (κ1) is 84.3. The van der Waals surface area contributed by atoms with Gasteiger partial charge in [0.25, 0.3) is 0 Å². The van der Waals surface area contributed by atoms with Gasteiger partial charge in [0.2, 0.25) is 0 Å². The number of benzene rings is 2. The summed E-state index contributed by atoms with van der Waals surface area (Å²) in [7, 11) is 0. The van der Waals surface area contributed by atoms with E-state index < -0.39 is 97.2 Å². The Hall–Kier alpha value is -5.72. The Balaban J connectivity index is 0.000000751. The van der Waals surface area contributed by atoms with Crippen LogP contribution in [0.3, 0.4) is 0 Å². The number of hydrogen-bond donors (Lipinski definition) is 0. The van der Waals surface area contributed by atoms with E-state index in [9.17, 15) is 72.7 Å². The second-order valence-electron chi connectivity index (χ2n) is 24.4. The minimum atomic E-state index is -5.81. The highest BCUT2D eigenvalue weighted by Gasteiger charge is 2.59. The number of Topliss-reactive ketones (excluding diaryl/α,β-unsaturated/α-hetero) is 2. The third-order valence-electron chi connectivity index (χ3n) is 17.6. The number of ether oxygens (including phenoxy) is 4. The van der Waals surface area contributed by atoms with E-state index in [1.807, 2.05) is 104 Å². The summed E-state index contributed by atoms with van der Waals surface area (Å²) in [4.78, 5) is 86.2. The van der Waals surface area contributed by atoms with Crippen LogP contribution >= 0.6 is 0 Å². The van der Waals surface area contributed by atoms with Crippen molar-refractivity contribution in [1.82, 2.24) is 10.1 Å². The van der Waals surface area contributed by atoms with E-state index in [2.05, 4.69) is 74.4 Å². The first-order chi connectivity index (χ1) is 42.7. The number of piperidine rings is 2. The van der Waals surface area contributed by atoms with E-state index in [1.54, 1.807) is 12.0 Å². The molecule has 4 rings (SSSR count). The number of alkyl halides is 10. The predicted molar refractivity (Wildman–Crippen MR) is 330 cm³/mol. The molecule has 0 N–H and O–H groups in total. The number of hydrogen-bond acceptors (Lipinski definition) is 14. The summed E-state index contributed by atoms with van der Waals surface area (Å²) in [5, 5.41) is 3.76. The van der Waals surface area contributed by atoms with Crippen molar-refractivity contribution in [2.75, 3.05) is 26.4 Å². The summed E-state index contributed by atoms with van der Waals surface area (Å²) in [6.07, 6.45) is -7.90. The van der Waals surface area contributed by atoms with Crippen LogP contribution in [0.15, 0.2) is 86.0 Å². The van der Waals surface area contributed by atoms with Crippen LogP contribution in [0, 0.1) is 17.8 Å². The molecule has 0 aromatic heterocycles. The van der Waals surface area contributed by atoms with Gasteiger partial charge in [-0.2, -0.15) is 54.0 Å². The number of unbranched alkanes of at least 4 members (excludes halogenated alkanes) is 2. The quantitative estimate of drug-likeness (QED) is 0.0238. The lowest BCUT2D eigenvalue weighted by Gasteiger charge is -2.56. The summed E-state index contributed by atoms with van der Waals surface area (Å²) in [6, 6.07) is 19.7. The lowest BCUT2D eigenvalue weighted by molar-refractivity contribution is -0.316. The summed E-state index contributed by atoms with van der Waals surface area (Å²) in [5.41, 5.74) is -0.223. The highest BCUT2D eigenvalue weighted by molar-refractivity contribution is 5.85. The van der Waals surface area contributed by atoms with E-state index in [1.165, 1.54) is 6.08 Å². The van der Waals surface area contributed by atoms with Crippen LogP contribution in [0.25, 0.3) is 0 Å². The molecule has 2 heterocycles. The van der Waals surface area contributed by atoms with Crippen molar-refractivity contribution in [2.24, 2.45) is 17.8 Å². The molecule has 2 aromatic rings. The number of nitrogens with zero attached hydrogens (tertiary/aromatic N) is 2. The van der Waals surface area contributed by atoms with Crippen LogP contribution in [0.5, 0.6) is 0 Å². The molecule has 2 aromatic carbocycles. The largest absolute Gasteiger partial charge is 0.465 e. The smallest absolute Gasteiger partial charge is 0.453 e. The fourth-order valence-corrected chi connectivity index (χ4v) is 10.4. The maximum atomic E-state index is 13.6. The van der Waals surface area contributed by atoms with Crippen molar-refractivity contribution in [3.8, 4) is 0 Å². The maximum absolute atomic E-state index is 13.6. The summed E-state index contributed by atoms with van der Waals surface area (Å²) in [5.74, 6) is -14.3. The zero-order valence-corrected chi connectivity index (χ0v) is 56.1. The summed E-state index contributed by atoms with van der Waals surface area (Å²) >= 11 is 0.